The minimum Gasteiger partial charge on any atom is -0.548 e. The van der Waals surface area contributed by atoms with Crippen molar-refractivity contribution >= 4 is 41.0 Å². The van der Waals surface area contributed by atoms with Crippen LogP contribution in [-0.2, 0) is 4.79 Å². The van der Waals surface area contributed by atoms with Gasteiger partial charge in [0, 0.05) is 17.0 Å². The van der Waals surface area contributed by atoms with Gasteiger partial charge in [0.2, 0.25) is 0 Å². The van der Waals surface area contributed by atoms with E-state index in [1.54, 1.807) is 6.07 Å². The molecule has 0 aliphatic carbocycles. The number of benzene rings is 3. The molecule has 0 spiro atoms. The van der Waals surface area contributed by atoms with E-state index >= 15 is 0 Å². The topological polar surface area (TPSA) is 109 Å². The Kier molecular flexibility index (Phi) is 8.36. The van der Waals surface area contributed by atoms with Gasteiger partial charge in [-0.3, -0.25) is 4.79 Å². The Hall–Kier alpha value is -3.03. The van der Waals surface area contributed by atoms with E-state index in [2.05, 4.69) is 29.0 Å². The van der Waals surface area contributed by atoms with Crippen LogP contribution >= 0.6 is 12.6 Å². The molecule has 6 nitrogen and oxygen atoms in total. The zero-order valence-electron chi connectivity index (χ0n) is 19.0. The van der Waals surface area contributed by atoms with Gasteiger partial charge in [0.15, 0.2) is 0 Å². The molecule has 0 aromatic heterocycles. The Morgan fingerprint density at radius 1 is 1.03 bits per heavy atom. The van der Waals surface area contributed by atoms with Gasteiger partial charge in [0.1, 0.15) is 6.04 Å². The van der Waals surface area contributed by atoms with Gasteiger partial charge in [-0.05, 0) is 52.4 Å². The number of hydrogen-bond acceptors (Lipinski definition) is 5. The van der Waals surface area contributed by atoms with E-state index in [9.17, 15) is 14.7 Å². The summed E-state index contributed by atoms with van der Waals surface area (Å²) in [7, 11) is 0. The highest BCUT2D eigenvalue weighted by Gasteiger charge is 2.20. The van der Waals surface area contributed by atoms with E-state index in [4.69, 9.17) is 0 Å². The molecule has 0 saturated heterocycles. The summed E-state index contributed by atoms with van der Waals surface area (Å²) in [5, 5.41) is 19.7. The van der Waals surface area contributed by atoms with Crippen LogP contribution in [0.4, 0.5) is 5.69 Å². The lowest BCUT2D eigenvalue weighted by Crippen LogP contribution is -2.64. The first kappa shape index (κ1) is 24.6. The average molecular weight is 466 g/mol. The zero-order chi connectivity index (χ0) is 24.0. The van der Waals surface area contributed by atoms with Crippen molar-refractivity contribution in [3.8, 4) is 11.1 Å². The maximum Gasteiger partial charge on any atom is 0.252 e. The van der Waals surface area contributed by atoms with Gasteiger partial charge in [0.25, 0.3) is 5.91 Å². The number of hydrogen-bond donors (Lipinski definition) is 4. The molecular weight excluding hydrogens is 434 g/mol. The second kappa shape index (κ2) is 11.2. The summed E-state index contributed by atoms with van der Waals surface area (Å²) in [6, 6.07) is 18.5. The molecule has 3 aromatic carbocycles. The Bertz CT molecular complexity index is 1130. The molecule has 1 amide bonds. The number of anilines is 1. The van der Waals surface area contributed by atoms with Crippen molar-refractivity contribution in [2.24, 2.45) is 5.92 Å². The summed E-state index contributed by atoms with van der Waals surface area (Å²) in [5.74, 6) is -0.968. The van der Waals surface area contributed by atoms with E-state index in [0.29, 0.717) is 24.3 Å². The number of carbonyl (C=O) groups is 2. The molecule has 0 aliphatic heterocycles. The smallest absolute Gasteiger partial charge is 0.252 e. The number of quaternary nitrogens is 1. The van der Waals surface area contributed by atoms with Gasteiger partial charge in [-0.25, -0.2) is 0 Å². The quantitative estimate of drug-likeness (QED) is 0.345. The normalized spacial score (nSPS) is 13.0. The van der Waals surface area contributed by atoms with Crippen LogP contribution in [0.5, 0.6) is 0 Å². The molecule has 7 heteroatoms. The van der Waals surface area contributed by atoms with Gasteiger partial charge in [0.05, 0.1) is 18.6 Å². The predicted octanol–water partition coefficient (Wildman–Crippen LogP) is 2.35. The molecule has 0 radical (unpaired) electrons. The highest BCUT2D eigenvalue weighted by atomic mass is 32.1. The van der Waals surface area contributed by atoms with Crippen molar-refractivity contribution in [3.05, 3.63) is 66.2 Å². The second-order valence-electron chi connectivity index (χ2n) is 8.69. The first-order valence-electron chi connectivity index (χ1n) is 11.1. The third-order valence-electron chi connectivity index (χ3n) is 5.49. The number of nitrogens with one attached hydrogen (secondary N) is 2. The Balaban J connectivity index is 2.05. The third kappa shape index (κ3) is 6.27. The third-order valence-corrected chi connectivity index (χ3v) is 6.01. The summed E-state index contributed by atoms with van der Waals surface area (Å²) in [6.45, 7) is 4.46. The molecule has 3 rings (SSSR count). The highest BCUT2D eigenvalue weighted by molar-refractivity contribution is 7.80. The van der Waals surface area contributed by atoms with E-state index in [0.717, 1.165) is 27.6 Å². The highest BCUT2D eigenvalue weighted by Crippen LogP contribution is 2.33. The van der Waals surface area contributed by atoms with Crippen molar-refractivity contribution in [2.45, 2.75) is 32.4 Å². The number of fused-ring (bicyclic) bond motifs is 1. The lowest BCUT2D eigenvalue weighted by Gasteiger charge is -2.23. The Morgan fingerprint density at radius 2 is 1.76 bits per heavy atom. The fourth-order valence-electron chi connectivity index (χ4n) is 3.78. The number of thiol groups is 1. The van der Waals surface area contributed by atoms with Crippen molar-refractivity contribution < 1.29 is 20.4 Å². The standard InChI is InChI=1S/C26H31N3O3S/c1-16(2)12-24(26(31)32)29-25(30)22-11-10-19(28-14-18(27)15-33)13-23(22)21-9-5-7-17-6-3-4-8-20(17)21/h3-11,13,16,18,24,28,33H,12,14-15,27H2,1-2H3,(H,29,30)(H,31,32)/t18-,24+/m1/s1. The van der Waals surface area contributed by atoms with Gasteiger partial charge >= 0.3 is 0 Å². The average Bonchev–Trinajstić information content (AvgIpc) is 2.81. The van der Waals surface area contributed by atoms with Crippen molar-refractivity contribution in [2.75, 3.05) is 17.6 Å². The predicted molar refractivity (Wildman–Crippen MR) is 134 cm³/mol. The molecule has 33 heavy (non-hydrogen) atoms. The number of amides is 1. The second-order valence-corrected chi connectivity index (χ2v) is 9.06. The fourth-order valence-corrected chi connectivity index (χ4v) is 3.91. The Morgan fingerprint density at radius 3 is 2.45 bits per heavy atom. The van der Waals surface area contributed by atoms with Crippen LogP contribution < -0.4 is 21.5 Å². The minimum atomic E-state index is -1.28. The molecule has 0 heterocycles. The van der Waals surface area contributed by atoms with Crippen LogP contribution in [-0.4, -0.2) is 36.3 Å². The molecule has 3 aromatic rings. The Labute approximate surface area is 200 Å². The van der Waals surface area contributed by atoms with Crippen LogP contribution in [0.25, 0.3) is 21.9 Å². The largest absolute Gasteiger partial charge is 0.548 e. The number of carbonyl (C=O) groups excluding carboxylic acids is 2. The lowest BCUT2D eigenvalue weighted by atomic mass is 9.93. The molecule has 0 bridgehead atoms. The monoisotopic (exact) mass is 465 g/mol. The first-order valence-corrected chi connectivity index (χ1v) is 11.7. The fraction of sp³-hybridized carbons (Fsp3) is 0.308. The van der Waals surface area contributed by atoms with E-state index in [-0.39, 0.29) is 12.0 Å². The lowest BCUT2D eigenvalue weighted by molar-refractivity contribution is -0.407. The minimum absolute atomic E-state index is 0.0970. The zero-order valence-corrected chi connectivity index (χ0v) is 19.9. The molecule has 0 saturated carbocycles. The molecule has 0 fully saturated rings. The van der Waals surface area contributed by atoms with Crippen LogP contribution in [0, 0.1) is 5.92 Å². The van der Waals surface area contributed by atoms with Crippen molar-refractivity contribution in [3.63, 3.8) is 0 Å². The molecule has 2 atom stereocenters. The summed E-state index contributed by atoms with van der Waals surface area (Å²) in [6.07, 6.45) is 0.298. The van der Waals surface area contributed by atoms with E-state index < -0.39 is 17.9 Å². The summed E-state index contributed by atoms with van der Waals surface area (Å²) in [4.78, 5) is 24.9. The number of carboxylic acids is 1. The van der Waals surface area contributed by atoms with Crippen LogP contribution in [0.2, 0.25) is 0 Å². The number of rotatable bonds is 10. The van der Waals surface area contributed by atoms with Gasteiger partial charge in [-0.2, -0.15) is 12.6 Å². The molecule has 174 valence electrons. The summed E-state index contributed by atoms with van der Waals surface area (Å²) < 4.78 is 0. The van der Waals surface area contributed by atoms with Crippen LogP contribution in [0.15, 0.2) is 60.7 Å². The molecule has 0 unspecified atom stereocenters. The summed E-state index contributed by atoms with van der Waals surface area (Å²) >= 11 is 4.29. The van der Waals surface area contributed by atoms with Gasteiger partial charge in [-0.15, -0.1) is 0 Å². The van der Waals surface area contributed by atoms with E-state index in [1.807, 2.05) is 68.4 Å². The molecule has 0 aliphatic rings. The van der Waals surface area contributed by atoms with Crippen LogP contribution in [0.1, 0.15) is 30.6 Å². The van der Waals surface area contributed by atoms with Crippen molar-refractivity contribution in [1.82, 2.24) is 5.32 Å². The van der Waals surface area contributed by atoms with E-state index in [1.165, 1.54) is 0 Å². The van der Waals surface area contributed by atoms with Crippen LogP contribution in [0.3, 0.4) is 0 Å². The first-order chi connectivity index (χ1) is 15.8. The summed E-state index contributed by atoms with van der Waals surface area (Å²) in [5.41, 5.74) is 6.93. The molecular formula is C26H31N3O3S. The number of carboxylic acid groups (broad SMARTS) is 1. The number of aliphatic carboxylic acids is 1. The SMILES string of the molecule is CC(C)C[C@H](NC(=O)c1ccc(NC[C@@H]([NH3+])CS)cc1-c1cccc2ccccc12)C(=O)[O-]. The molecule has 5 N–H and O–H groups in total. The maximum atomic E-state index is 13.3. The maximum absolute atomic E-state index is 13.3. The van der Waals surface area contributed by atoms with Crippen molar-refractivity contribution in [1.29, 1.82) is 0 Å². The van der Waals surface area contributed by atoms with Gasteiger partial charge < -0.3 is 26.3 Å². The van der Waals surface area contributed by atoms with Gasteiger partial charge in [-0.1, -0.05) is 56.3 Å².